The summed E-state index contributed by atoms with van der Waals surface area (Å²) in [6, 6.07) is 9.07. The lowest BCUT2D eigenvalue weighted by molar-refractivity contribution is -0.274. The highest BCUT2D eigenvalue weighted by atomic mass is 19.4. The number of likely N-dealkylation sites (tertiary alicyclic amines) is 1. The topological polar surface area (TPSA) is 67.3 Å². The zero-order valence-corrected chi connectivity index (χ0v) is 16.2. The number of alkyl halides is 3. The minimum absolute atomic E-state index is 0.173. The van der Waals surface area contributed by atoms with Gasteiger partial charge in [0.05, 0.1) is 11.3 Å². The lowest BCUT2D eigenvalue weighted by atomic mass is 10.1. The number of fused-ring (bicyclic) bond motifs is 1. The zero-order chi connectivity index (χ0) is 21.3. The van der Waals surface area contributed by atoms with Gasteiger partial charge >= 0.3 is 6.36 Å². The van der Waals surface area contributed by atoms with Gasteiger partial charge in [0, 0.05) is 42.1 Å². The fourth-order valence-corrected chi connectivity index (χ4v) is 3.47. The van der Waals surface area contributed by atoms with Gasteiger partial charge < -0.3 is 15.0 Å². The minimum Gasteiger partial charge on any atom is -0.406 e. The normalized spacial score (nSPS) is 14.2. The molecular formula is C21H19F3N4O2. The molecule has 1 N–H and O–H groups in total. The third kappa shape index (κ3) is 4.29. The highest BCUT2D eigenvalue weighted by molar-refractivity contribution is 6.07. The van der Waals surface area contributed by atoms with Crippen molar-refractivity contribution in [1.82, 2.24) is 14.9 Å². The molecule has 9 heteroatoms. The number of aryl methyl sites for hydroxylation is 1. The van der Waals surface area contributed by atoms with Crippen molar-refractivity contribution in [2.45, 2.75) is 26.1 Å². The second-order valence-electron chi connectivity index (χ2n) is 7.07. The van der Waals surface area contributed by atoms with Crippen LogP contribution in [0.4, 0.5) is 24.5 Å². The molecule has 4 rings (SSSR count). The van der Waals surface area contributed by atoms with Crippen LogP contribution in [0.5, 0.6) is 5.75 Å². The van der Waals surface area contributed by atoms with Crippen LogP contribution in [0, 0.1) is 6.92 Å². The number of rotatable bonds is 4. The maximum Gasteiger partial charge on any atom is 0.573 e. The summed E-state index contributed by atoms with van der Waals surface area (Å²) in [5.41, 5.74) is 2.35. The Morgan fingerprint density at radius 2 is 1.93 bits per heavy atom. The first kappa shape index (κ1) is 19.9. The summed E-state index contributed by atoms with van der Waals surface area (Å²) in [4.78, 5) is 23.5. The van der Waals surface area contributed by atoms with Crippen molar-refractivity contribution >= 4 is 28.3 Å². The number of ether oxygens (including phenoxy) is 1. The Kier molecular flexibility index (Phi) is 5.19. The third-order valence-corrected chi connectivity index (χ3v) is 4.83. The van der Waals surface area contributed by atoms with Crippen molar-refractivity contribution < 1.29 is 22.7 Å². The Balaban J connectivity index is 1.77. The molecule has 0 unspecified atom stereocenters. The molecule has 0 atom stereocenters. The second-order valence-corrected chi connectivity index (χ2v) is 7.07. The molecule has 0 radical (unpaired) electrons. The van der Waals surface area contributed by atoms with Gasteiger partial charge in [0.25, 0.3) is 5.91 Å². The highest BCUT2D eigenvalue weighted by Crippen LogP contribution is 2.32. The molecule has 1 fully saturated rings. The number of nitrogens with zero attached hydrogens (tertiary/aromatic N) is 3. The molecule has 0 spiro atoms. The van der Waals surface area contributed by atoms with Gasteiger partial charge in [-0.3, -0.25) is 4.79 Å². The molecule has 3 heterocycles. The van der Waals surface area contributed by atoms with Crippen LogP contribution in [0.3, 0.4) is 0 Å². The maximum absolute atomic E-state index is 13.1. The number of pyridine rings is 2. The summed E-state index contributed by atoms with van der Waals surface area (Å²) in [5.74, 6) is -0.528. The summed E-state index contributed by atoms with van der Waals surface area (Å²) in [5, 5.41) is 3.70. The summed E-state index contributed by atoms with van der Waals surface area (Å²) < 4.78 is 41.7. The van der Waals surface area contributed by atoms with E-state index < -0.39 is 6.36 Å². The highest BCUT2D eigenvalue weighted by Gasteiger charge is 2.31. The van der Waals surface area contributed by atoms with E-state index in [-0.39, 0.29) is 11.7 Å². The van der Waals surface area contributed by atoms with Crippen molar-refractivity contribution in [3.63, 3.8) is 0 Å². The number of anilines is 2. The van der Waals surface area contributed by atoms with E-state index in [0.29, 0.717) is 41.1 Å². The second kappa shape index (κ2) is 7.81. The smallest absolute Gasteiger partial charge is 0.406 e. The molecule has 6 nitrogen and oxygen atoms in total. The first-order valence-corrected chi connectivity index (χ1v) is 9.49. The van der Waals surface area contributed by atoms with Gasteiger partial charge in [-0.05, 0) is 44.0 Å². The van der Waals surface area contributed by atoms with E-state index >= 15 is 0 Å². The third-order valence-electron chi connectivity index (χ3n) is 4.83. The van der Waals surface area contributed by atoms with Crippen molar-refractivity contribution in [3.8, 4) is 5.75 Å². The fraction of sp³-hybridized carbons (Fsp3) is 0.286. The van der Waals surface area contributed by atoms with Crippen LogP contribution in [-0.2, 0) is 0 Å². The summed E-state index contributed by atoms with van der Waals surface area (Å²) in [7, 11) is 0. The van der Waals surface area contributed by atoms with E-state index in [4.69, 9.17) is 0 Å². The predicted octanol–water partition coefficient (Wildman–Crippen LogP) is 4.82. The predicted molar refractivity (Wildman–Crippen MR) is 106 cm³/mol. The number of halogens is 3. The number of hydrogen-bond acceptors (Lipinski definition) is 5. The number of hydrogen-bond donors (Lipinski definition) is 1. The summed E-state index contributed by atoms with van der Waals surface area (Å²) >= 11 is 0. The molecule has 3 aromatic rings. The van der Waals surface area contributed by atoms with Crippen LogP contribution in [0.1, 0.15) is 28.9 Å². The lowest BCUT2D eigenvalue weighted by Gasteiger charge is -2.19. The Hall–Kier alpha value is -3.36. The van der Waals surface area contributed by atoms with E-state index in [2.05, 4.69) is 20.0 Å². The molecule has 1 aliphatic rings. The largest absolute Gasteiger partial charge is 0.573 e. The molecule has 1 saturated heterocycles. The Morgan fingerprint density at radius 1 is 1.17 bits per heavy atom. The monoisotopic (exact) mass is 416 g/mol. The Morgan fingerprint density at radius 3 is 2.67 bits per heavy atom. The van der Waals surface area contributed by atoms with E-state index in [9.17, 15) is 18.0 Å². The molecule has 0 bridgehead atoms. The van der Waals surface area contributed by atoms with E-state index in [1.807, 2.05) is 6.92 Å². The number of amides is 1. The van der Waals surface area contributed by atoms with Crippen LogP contribution in [0.15, 0.2) is 42.6 Å². The van der Waals surface area contributed by atoms with Gasteiger partial charge in [-0.2, -0.15) is 0 Å². The maximum atomic E-state index is 13.1. The SMILES string of the molecule is Cc1ccc2c(Nc3cccc(OC(F)(F)F)c3)c(C(=O)N3CCCC3)cnc2n1. The summed E-state index contributed by atoms with van der Waals surface area (Å²) in [6.45, 7) is 3.16. The molecular weight excluding hydrogens is 397 g/mol. The van der Waals surface area contributed by atoms with Crippen molar-refractivity contribution in [2.75, 3.05) is 18.4 Å². The minimum atomic E-state index is -4.79. The van der Waals surface area contributed by atoms with Crippen LogP contribution in [-0.4, -0.2) is 40.2 Å². The first-order valence-electron chi connectivity index (χ1n) is 9.49. The number of carbonyl (C=O) groups is 1. The van der Waals surface area contributed by atoms with Crippen molar-refractivity contribution in [1.29, 1.82) is 0 Å². The number of carbonyl (C=O) groups excluding carboxylic acids is 1. The van der Waals surface area contributed by atoms with Gasteiger partial charge in [0.1, 0.15) is 5.75 Å². The standard InChI is InChI=1S/C21H19F3N4O2/c1-13-7-8-16-18(27-14-5-4-6-15(11-14)30-21(22,23)24)17(12-25-19(16)26-13)20(29)28-9-2-3-10-28/h4-8,11-12H,2-3,9-10H2,1H3,(H,25,26,27). The van der Waals surface area contributed by atoms with Crippen LogP contribution >= 0.6 is 0 Å². The van der Waals surface area contributed by atoms with Crippen LogP contribution < -0.4 is 10.1 Å². The van der Waals surface area contributed by atoms with Gasteiger partial charge in [-0.25, -0.2) is 9.97 Å². The molecule has 30 heavy (non-hydrogen) atoms. The molecule has 2 aromatic heterocycles. The van der Waals surface area contributed by atoms with Crippen molar-refractivity contribution in [2.24, 2.45) is 0 Å². The molecule has 1 aliphatic heterocycles. The zero-order valence-electron chi connectivity index (χ0n) is 16.2. The quantitative estimate of drug-likeness (QED) is 0.661. The van der Waals surface area contributed by atoms with Crippen molar-refractivity contribution in [3.05, 3.63) is 53.9 Å². The summed E-state index contributed by atoms with van der Waals surface area (Å²) in [6.07, 6.45) is -1.45. The molecule has 0 aliphatic carbocycles. The number of aromatic nitrogens is 2. The fourth-order valence-electron chi connectivity index (χ4n) is 3.47. The van der Waals surface area contributed by atoms with E-state index in [1.54, 1.807) is 23.1 Å². The Labute approximate surface area is 170 Å². The molecule has 1 amide bonds. The van der Waals surface area contributed by atoms with E-state index in [1.165, 1.54) is 24.4 Å². The van der Waals surface area contributed by atoms with Gasteiger partial charge in [0.2, 0.25) is 0 Å². The molecule has 156 valence electrons. The van der Waals surface area contributed by atoms with Gasteiger partial charge in [-0.15, -0.1) is 13.2 Å². The average Bonchev–Trinajstić information content (AvgIpc) is 3.21. The van der Waals surface area contributed by atoms with Crippen LogP contribution in [0.25, 0.3) is 11.0 Å². The Bertz CT molecular complexity index is 1100. The van der Waals surface area contributed by atoms with Gasteiger partial charge in [-0.1, -0.05) is 6.07 Å². The number of nitrogens with one attached hydrogen (secondary N) is 1. The molecule has 0 saturated carbocycles. The lowest BCUT2D eigenvalue weighted by Crippen LogP contribution is -2.28. The average molecular weight is 416 g/mol. The molecule has 1 aromatic carbocycles. The first-order chi connectivity index (χ1) is 14.3. The number of benzene rings is 1. The van der Waals surface area contributed by atoms with Crippen LogP contribution in [0.2, 0.25) is 0 Å². The van der Waals surface area contributed by atoms with E-state index in [0.717, 1.165) is 18.5 Å². The van der Waals surface area contributed by atoms with Gasteiger partial charge in [0.15, 0.2) is 5.65 Å².